The lowest BCUT2D eigenvalue weighted by Gasteiger charge is -2.10. The molecule has 1 fully saturated rings. The summed E-state index contributed by atoms with van der Waals surface area (Å²) in [6.07, 6.45) is -1.16. The maximum absolute atomic E-state index is 12.7. The fourth-order valence-corrected chi connectivity index (χ4v) is 4.52. The molecular formula is C18H15ClF3N5OS2. The molecule has 0 atom stereocenters. The molecule has 0 radical (unpaired) electrons. The number of hydrogen-bond acceptors (Lipinski definition) is 6. The van der Waals surface area contributed by atoms with Gasteiger partial charge in [-0.25, -0.2) is 4.98 Å². The normalized spacial score (nSPS) is 14.1. The molecule has 0 aromatic carbocycles. The van der Waals surface area contributed by atoms with E-state index in [1.54, 1.807) is 11.3 Å². The highest BCUT2D eigenvalue weighted by Crippen LogP contribution is 2.39. The summed E-state index contributed by atoms with van der Waals surface area (Å²) < 4.78 is 40.2. The lowest BCUT2D eigenvalue weighted by Crippen LogP contribution is -2.16. The van der Waals surface area contributed by atoms with E-state index in [1.165, 1.54) is 16.6 Å². The molecule has 158 valence electrons. The summed E-state index contributed by atoms with van der Waals surface area (Å²) in [5.74, 6) is 0.301. The number of nitrogens with zero attached hydrogens (tertiary/aromatic N) is 4. The van der Waals surface area contributed by atoms with E-state index >= 15 is 0 Å². The summed E-state index contributed by atoms with van der Waals surface area (Å²) >= 11 is 8.70. The number of rotatable bonds is 7. The van der Waals surface area contributed by atoms with Gasteiger partial charge in [0.05, 0.1) is 16.3 Å². The second-order valence-electron chi connectivity index (χ2n) is 6.65. The molecule has 3 heterocycles. The predicted octanol–water partition coefficient (Wildman–Crippen LogP) is 5.06. The number of thioether (sulfide) groups is 1. The molecule has 12 heteroatoms. The minimum absolute atomic E-state index is 0.00286. The Bertz CT molecular complexity index is 1050. The van der Waals surface area contributed by atoms with Crippen molar-refractivity contribution in [2.24, 2.45) is 0 Å². The minimum atomic E-state index is -4.55. The molecule has 1 aliphatic carbocycles. The quantitative estimate of drug-likeness (QED) is 0.485. The van der Waals surface area contributed by atoms with Crippen LogP contribution in [0.2, 0.25) is 5.02 Å². The zero-order valence-electron chi connectivity index (χ0n) is 15.3. The van der Waals surface area contributed by atoms with Crippen LogP contribution in [-0.4, -0.2) is 31.4 Å². The Balaban J connectivity index is 1.40. The van der Waals surface area contributed by atoms with Crippen LogP contribution in [0.3, 0.4) is 0 Å². The van der Waals surface area contributed by atoms with Gasteiger partial charge in [0.25, 0.3) is 0 Å². The first-order valence-electron chi connectivity index (χ1n) is 8.93. The standard InChI is InChI=1S/C18H15ClF3N5OS2/c19-13-6-10(18(20,21)22)8-23-16(13)24-15(28)9-30-17-26-25-14(27(17)11-3-4-11)7-12-2-1-5-29-12/h1-2,5-6,8,11H,3-4,7,9H2,(H,23,24,28). The lowest BCUT2D eigenvalue weighted by atomic mass is 10.3. The van der Waals surface area contributed by atoms with Gasteiger partial charge >= 0.3 is 6.18 Å². The summed E-state index contributed by atoms with van der Waals surface area (Å²) in [5, 5.41) is 13.3. The van der Waals surface area contributed by atoms with Gasteiger partial charge in [0, 0.05) is 23.5 Å². The fraction of sp³-hybridized carbons (Fsp3) is 0.333. The van der Waals surface area contributed by atoms with Crippen molar-refractivity contribution in [1.82, 2.24) is 19.7 Å². The summed E-state index contributed by atoms with van der Waals surface area (Å²) in [6.45, 7) is 0. The highest BCUT2D eigenvalue weighted by Gasteiger charge is 2.32. The average Bonchev–Trinajstić information content (AvgIpc) is 3.23. The van der Waals surface area contributed by atoms with Crippen molar-refractivity contribution in [2.75, 3.05) is 11.1 Å². The highest BCUT2D eigenvalue weighted by molar-refractivity contribution is 7.99. The van der Waals surface area contributed by atoms with Crippen molar-refractivity contribution in [2.45, 2.75) is 36.6 Å². The zero-order valence-corrected chi connectivity index (χ0v) is 17.7. The van der Waals surface area contributed by atoms with E-state index in [0.29, 0.717) is 23.8 Å². The Morgan fingerprint density at radius 3 is 2.80 bits per heavy atom. The van der Waals surface area contributed by atoms with Crippen molar-refractivity contribution < 1.29 is 18.0 Å². The Hall–Kier alpha value is -2.11. The molecule has 1 N–H and O–H groups in total. The monoisotopic (exact) mass is 473 g/mol. The van der Waals surface area contributed by atoms with E-state index in [-0.39, 0.29) is 16.6 Å². The molecule has 6 nitrogen and oxygen atoms in total. The second kappa shape index (κ2) is 8.56. The first-order chi connectivity index (χ1) is 14.3. The van der Waals surface area contributed by atoms with Crippen molar-refractivity contribution in [3.63, 3.8) is 0 Å². The van der Waals surface area contributed by atoms with Crippen molar-refractivity contribution in [3.8, 4) is 0 Å². The van der Waals surface area contributed by atoms with Crippen LogP contribution in [-0.2, 0) is 17.4 Å². The van der Waals surface area contributed by atoms with Gasteiger partial charge in [-0.2, -0.15) is 13.2 Å². The molecule has 0 bridgehead atoms. The summed E-state index contributed by atoms with van der Waals surface area (Å²) in [4.78, 5) is 17.1. The Morgan fingerprint density at radius 1 is 1.37 bits per heavy atom. The first-order valence-corrected chi connectivity index (χ1v) is 11.2. The molecule has 4 rings (SSSR count). The van der Waals surface area contributed by atoms with Crippen molar-refractivity contribution in [1.29, 1.82) is 0 Å². The maximum atomic E-state index is 12.7. The van der Waals surface area contributed by atoms with Crippen LogP contribution in [0, 0.1) is 0 Å². The number of hydrogen-bond donors (Lipinski definition) is 1. The van der Waals surface area contributed by atoms with E-state index < -0.39 is 17.6 Å². The third-order valence-corrected chi connectivity index (χ3v) is 6.43. The molecule has 0 unspecified atom stereocenters. The SMILES string of the molecule is O=C(CSc1nnc(Cc2cccs2)n1C1CC1)Nc1ncc(C(F)(F)F)cc1Cl. The number of anilines is 1. The number of pyridine rings is 1. The molecule has 1 amide bonds. The van der Waals surface area contributed by atoms with Crippen LogP contribution < -0.4 is 5.32 Å². The van der Waals surface area contributed by atoms with Gasteiger partial charge in [0.2, 0.25) is 5.91 Å². The minimum Gasteiger partial charge on any atom is -0.309 e. The smallest absolute Gasteiger partial charge is 0.309 e. The number of thiophene rings is 1. The zero-order chi connectivity index (χ0) is 21.3. The molecule has 30 heavy (non-hydrogen) atoms. The first kappa shape index (κ1) is 21.1. The third-order valence-electron chi connectivity index (χ3n) is 4.32. The second-order valence-corrected chi connectivity index (χ2v) is 9.03. The van der Waals surface area contributed by atoms with Crippen LogP contribution in [0.1, 0.15) is 35.1 Å². The molecule has 0 spiro atoms. The lowest BCUT2D eigenvalue weighted by molar-refractivity contribution is -0.137. The van der Waals surface area contributed by atoms with Gasteiger partial charge in [-0.3, -0.25) is 4.79 Å². The number of nitrogens with one attached hydrogen (secondary N) is 1. The Morgan fingerprint density at radius 2 is 2.17 bits per heavy atom. The number of aromatic nitrogens is 4. The summed E-state index contributed by atoms with van der Waals surface area (Å²) in [5.41, 5.74) is -0.976. The van der Waals surface area contributed by atoms with Crippen LogP contribution in [0.25, 0.3) is 0 Å². The molecule has 3 aromatic heterocycles. The highest BCUT2D eigenvalue weighted by atomic mass is 35.5. The van der Waals surface area contributed by atoms with E-state index in [0.717, 1.165) is 24.7 Å². The van der Waals surface area contributed by atoms with Crippen molar-refractivity contribution in [3.05, 3.63) is 51.1 Å². The van der Waals surface area contributed by atoms with Crippen LogP contribution in [0.15, 0.2) is 34.9 Å². The Kier molecular flexibility index (Phi) is 6.03. The van der Waals surface area contributed by atoms with E-state index in [1.807, 2.05) is 17.5 Å². The largest absolute Gasteiger partial charge is 0.417 e. The van der Waals surface area contributed by atoms with E-state index in [4.69, 9.17) is 11.6 Å². The molecule has 0 aliphatic heterocycles. The van der Waals surface area contributed by atoms with Gasteiger partial charge in [-0.1, -0.05) is 29.4 Å². The van der Waals surface area contributed by atoms with Crippen LogP contribution >= 0.6 is 34.7 Å². The van der Waals surface area contributed by atoms with E-state index in [2.05, 4.69) is 25.1 Å². The van der Waals surface area contributed by atoms with Gasteiger partial charge in [-0.15, -0.1) is 21.5 Å². The van der Waals surface area contributed by atoms with Crippen LogP contribution in [0.5, 0.6) is 0 Å². The van der Waals surface area contributed by atoms with Gasteiger partial charge in [0.1, 0.15) is 5.82 Å². The number of amides is 1. The maximum Gasteiger partial charge on any atom is 0.417 e. The molecule has 1 saturated carbocycles. The van der Waals surface area contributed by atoms with Gasteiger partial charge < -0.3 is 9.88 Å². The molecular weight excluding hydrogens is 459 g/mol. The molecule has 0 saturated heterocycles. The average molecular weight is 474 g/mol. The summed E-state index contributed by atoms with van der Waals surface area (Å²) in [7, 11) is 0. The fourth-order valence-electron chi connectivity index (χ4n) is 2.78. The van der Waals surface area contributed by atoms with Crippen molar-refractivity contribution >= 4 is 46.4 Å². The number of carbonyl (C=O) groups excluding carboxylic acids is 1. The van der Waals surface area contributed by atoms with Gasteiger partial charge in [0.15, 0.2) is 11.0 Å². The van der Waals surface area contributed by atoms with Crippen LogP contribution in [0.4, 0.5) is 19.0 Å². The topological polar surface area (TPSA) is 72.7 Å². The number of halogens is 4. The van der Waals surface area contributed by atoms with Gasteiger partial charge in [-0.05, 0) is 30.4 Å². The number of alkyl halides is 3. The number of carbonyl (C=O) groups is 1. The molecule has 3 aromatic rings. The molecule has 1 aliphatic rings. The summed E-state index contributed by atoms with van der Waals surface area (Å²) in [6, 6.07) is 5.10. The third kappa shape index (κ3) is 4.96. The predicted molar refractivity (Wildman–Crippen MR) is 109 cm³/mol. The van der Waals surface area contributed by atoms with E-state index in [9.17, 15) is 18.0 Å². The Labute approximate surface area is 182 Å².